The second-order valence-corrected chi connectivity index (χ2v) is 12.3. The van der Waals surface area contributed by atoms with E-state index in [4.69, 9.17) is 18.9 Å². The lowest BCUT2D eigenvalue weighted by atomic mass is 10.1. The van der Waals surface area contributed by atoms with Gasteiger partial charge in [-0.25, -0.2) is 14.3 Å². The van der Waals surface area contributed by atoms with E-state index in [1.165, 1.54) is 71.3 Å². The number of hydrogen-bond acceptors (Lipinski definition) is 6. The van der Waals surface area contributed by atoms with Crippen LogP contribution in [0.5, 0.6) is 17.2 Å². The van der Waals surface area contributed by atoms with Crippen LogP contribution in [-0.2, 0) is 24.4 Å². The Morgan fingerprint density at radius 3 is 2.00 bits per heavy atom. The minimum Gasteiger partial charge on any atom is -1.00 e. The molecule has 3 rings (SSSR count). The maximum Gasteiger partial charge on any atom is 0.417 e. The van der Waals surface area contributed by atoms with Gasteiger partial charge >= 0.3 is 6.09 Å². The van der Waals surface area contributed by atoms with E-state index in [1.54, 1.807) is 31.4 Å². The summed E-state index contributed by atoms with van der Waals surface area (Å²) in [6.07, 6.45) is 19.7. The van der Waals surface area contributed by atoms with Crippen molar-refractivity contribution in [1.29, 1.82) is 0 Å². The molecular formula is C40H57IN2O6. The smallest absolute Gasteiger partial charge is 0.417 e. The molecule has 9 heteroatoms. The number of halogens is 1. The molecule has 0 radical (unpaired) electrons. The summed E-state index contributed by atoms with van der Waals surface area (Å²) >= 11 is 0. The summed E-state index contributed by atoms with van der Waals surface area (Å²) < 4.78 is 24.8. The van der Waals surface area contributed by atoms with Crippen molar-refractivity contribution >= 4 is 12.0 Å². The van der Waals surface area contributed by atoms with Crippen molar-refractivity contribution in [3.8, 4) is 17.2 Å². The van der Waals surface area contributed by atoms with Crippen molar-refractivity contribution in [3.05, 3.63) is 83.7 Å². The molecule has 8 nitrogen and oxygen atoms in total. The fraction of sp³-hybridized carbons (Fsp3) is 0.525. The van der Waals surface area contributed by atoms with Crippen LogP contribution in [0.4, 0.5) is 4.79 Å². The Morgan fingerprint density at radius 1 is 0.694 bits per heavy atom. The largest absolute Gasteiger partial charge is 1.00 e. The van der Waals surface area contributed by atoms with Gasteiger partial charge in [0.15, 0.2) is 23.9 Å². The molecule has 0 bridgehead atoms. The average Bonchev–Trinajstić information content (AvgIpc) is 3.11. The number of methoxy groups -OCH3 is 2. The summed E-state index contributed by atoms with van der Waals surface area (Å²) in [4.78, 5) is 28.3. The normalized spacial score (nSPS) is 10.6. The van der Waals surface area contributed by atoms with Crippen LogP contribution in [0.2, 0.25) is 0 Å². The molecule has 0 aliphatic carbocycles. The molecule has 0 aliphatic heterocycles. The standard InChI is InChI=1S/C40H57N2O6.HI/c1-5-7-8-9-10-11-12-13-14-15-16-19-28-47-37-25-24-33(29-38(37)46-4)32-48-40(44)42(31-34-21-20-27-41(30-34)26-6-2)39(43)35-22-17-18-23-36(35)45-3;/h17-18,20-25,27,29-30H,5-16,19,26,28,31-32H2,1-4H3;1H/q+1;/p-1. The number of unbranched alkanes of at least 4 members (excludes halogenated alkanes) is 11. The topological polar surface area (TPSA) is 78.2 Å². The summed E-state index contributed by atoms with van der Waals surface area (Å²) in [6, 6.07) is 16.2. The molecule has 0 N–H and O–H groups in total. The van der Waals surface area contributed by atoms with Gasteiger partial charge in [-0.05, 0) is 42.3 Å². The summed E-state index contributed by atoms with van der Waals surface area (Å²) in [7, 11) is 3.10. The van der Waals surface area contributed by atoms with Gasteiger partial charge in [0.25, 0.3) is 5.91 Å². The van der Waals surface area contributed by atoms with Crippen molar-refractivity contribution in [3.63, 3.8) is 0 Å². The molecule has 49 heavy (non-hydrogen) atoms. The molecule has 0 spiro atoms. The molecule has 2 aromatic carbocycles. The fourth-order valence-electron chi connectivity index (χ4n) is 5.70. The van der Waals surface area contributed by atoms with Gasteiger partial charge < -0.3 is 42.9 Å². The van der Waals surface area contributed by atoms with Crippen LogP contribution >= 0.6 is 0 Å². The molecular weight excluding hydrogens is 731 g/mol. The molecule has 2 amide bonds. The monoisotopic (exact) mass is 788 g/mol. The number of carbonyl (C=O) groups excluding carboxylic acids is 2. The first-order valence-electron chi connectivity index (χ1n) is 17.9. The van der Waals surface area contributed by atoms with Gasteiger partial charge in [-0.3, -0.25) is 4.79 Å². The summed E-state index contributed by atoms with van der Waals surface area (Å²) in [6.45, 7) is 5.84. The lowest BCUT2D eigenvalue weighted by molar-refractivity contribution is -0.697. The molecule has 0 atom stereocenters. The lowest BCUT2D eigenvalue weighted by Crippen LogP contribution is -3.00. The number of ether oxygens (including phenoxy) is 4. The van der Waals surface area contributed by atoms with Crippen LogP contribution in [0.15, 0.2) is 67.0 Å². The Morgan fingerprint density at radius 2 is 1.35 bits per heavy atom. The van der Waals surface area contributed by atoms with E-state index in [2.05, 4.69) is 13.8 Å². The Hall–Kier alpha value is -3.34. The zero-order valence-corrected chi connectivity index (χ0v) is 32.3. The molecule has 0 aliphatic rings. The van der Waals surface area contributed by atoms with Crippen molar-refractivity contribution in [2.75, 3.05) is 20.8 Å². The molecule has 3 aromatic rings. The van der Waals surface area contributed by atoms with Gasteiger partial charge in [0.1, 0.15) is 18.9 Å². The molecule has 1 aromatic heterocycles. The number of aromatic nitrogens is 1. The molecule has 0 saturated heterocycles. The Kier molecular flexibility index (Phi) is 21.1. The lowest BCUT2D eigenvalue weighted by Gasteiger charge is -2.21. The SMILES string of the molecule is CCCCCCCCCCCCCCOc1ccc(COC(=O)N(Cc2ccc[n+](CCC)c2)C(=O)c2ccccc2OC)cc1OC.[I-]. The van der Waals surface area contributed by atoms with Crippen molar-refractivity contribution in [2.24, 2.45) is 0 Å². The van der Waals surface area contributed by atoms with Crippen LogP contribution in [-0.4, -0.2) is 37.7 Å². The quantitative estimate of drug-likeness (QED) is 0.0624. The van der Waals surface area contributed by atoms with Crippen molar-refractivity contribution in [1.82, 2.24) is 4.90 Å². The number of carbonyl (C=O) groups is 2. The van der Waals surface area contributed by atoms with E-state index in [1.807, 2.05) is 47.3 Å². The number of imide groups is 1. The van der Waals surface area contributed by atoms with E-state index in [9.17, 15) is 9.59 Å². The first-order chi connectivity index (χ1) is 23.5. The Balaban J connectivity index is 0.00000833. The number of para-hydroxylation sites is 1. The van der Waals surface area contributed by atoms with Gasteiger partial charge in [0, 0.05) is 18.1 Å². The fourth-order valence-corrected chi connectivity index (χ4v) is 5.70. The number of pyridine rings is 1. The van der Waals surface area contributed by atoms with Crippen LogP contribution < -0.4 is 42.8 Å². The molecule has 0 fully saturated rings. The zero-order valence-electron chi connectivity index (χ0n) is 30.1. The van der Waals surface area contributed by atoms with Gasteiger partial charge in [0.2, 0.25) is 0 Å². The summed E-state index contributed by atoms with van der Waals surface area (Å²) in [5, 5.41) is 0. The van der Waals surface area contributed by atoms with Gasteiger partial charge in [-0.15, -0.1) is 0 Å². The number of benzene rings is 2. The summed E-state index contributed by atoms with van der Waals surface area (Å²) in [5.41, 5.74) is 1.82. The van der Waals surface area contributed by atoms with E-state index in [0.29, 0.717) is 23.9 Å². The number of amides is 2. The van der Waals surface area contributed by atoms with E-state index in [-0.39, 0.29) is 42.7 Å². The highest BCUT2D eigenvalue weighted by atomic mass is 127. The third kappa shape index (κ3) is 15.0. The number of aryl methyl sites for hydroxylation is 1. The third-order valence-corrected chi connectivity index (χ3v) is 8.39. The maximum absolute atomic E-state index is 13.7. The predicted octanol–water partition coefficient (Wildman–Crippen LogP) is 6.46. The van der Waals surface area contributed by atoms with Crippen LogP contribution in [0.1, 0.15) is 119 Å². The van der Waals surface area contributed by atoms with Crippen molar-refractivity contribution in [2.45, 2.75) is 117 Å². The Bertz CT molecular complexity index is 1380. The van der Waals surface area contributed by atoms with Crippen molar-refractivity contribution < 1.29 is 57.1 Å². The van der Waals surface area contributed by atoms with E-state index >= 15 is 0 Å². The predicted molar refractivity (Wildman–Crippen MR) is 190 cm³/mol. The number of nitrogens with zero attached hydrogens (tertiary/aromatic N) is 2. The minimum absolute atomic E-state index is 0. The number of hydrogen-bond donors (Lipinski definition) is 0. The first-order valence-corrected chi connectivity index (χ1v) is 17.9. The van der Waals surface area contributed by atoms with Crippen LogP contribution in [0.3, 0.4) is 0 Å². The second kappa shape index (κ2) is 24.7. The molecule has 0 unspecified atom stereocenters. The average molecular weight is 789 g/mol. The van der Waals surface area contributed by atoms with Crippen LogP contribution in [0, 0.1) is 0 Å². The molecule has 270 valence electrons. The van der Waals surface area contributed by atoms with Gasteiger partial charge in [-0.1, -0.05) is 103 Å². The van der Waals surface area contributed by atoms with Gasteiger partial charge in [-0.2, -0.15) is 0 Å². The highest BCUT2D eigenvalue weighted by Crippen LogP contribution is 2.29. The number of rotatable bonds is 23. The highest BCUT2D eigenvalue weighted by molar-refractivity contribution is 6.04. The van der Waals surface area contributed by atoms with E-state index in [0.717, 1.165) is 41.8 Å². The maximum atomic E-state index is 13.7. The molecule has 0 saturated carbocycles. The highest BCUT2D eigenvalue weighted by Gasteiger charge is 2.28. The minimum atomic E-state index is -0.747. The second-order valence-electron chi connectivity index (χ2n) is 12.3. The zero-order chi connectivity index (χ0) is 34.4. The first kappa shape index (κ1) is 41.8. The third-order valence-electron chi connectivity index (χ3n) is 8.39. The molecule has 1 heterocycles. The van der Waals surface area contributed by atoms with Crippen LogP contribution in [0.25, 0.3) is 0 Å². The Labute approximate surface area is 311 Å². The van der Waals surface area contributed by atoms with Gasteiger partial charge in [0.05, 0.1) is 32.9 Å². The summed E-state index contributed by atoms with van der Waals surface area (Å²) in [5.74, 6) is 1.13. The van der Waals surface area contributed by atoms with E-state index < -0.39 is 12.0 Å².